The van der Waals surface area contributed by atoms with Crippen molar-refractivity contribution in [3.63, 3.8) is 0 Å². The van der Waals surface area contributed by atoms with Crippen LogP contribution >= 0.6 is 0 Å². The molecule has 0 aliphatic carbocycles. The molecule has 0 aromatic carbocycles. The second-order valence-corrected chi connectivity index (χ2v) is 1.89. The Kier molecular flexibility index (Phi) is 5.66. The lowest BCUT2D eigenvalue weighted by molar-refractivity contribution is -0.118. The molecule has 10 heavy (non-hydrogen) atoms. The van der Waals surface area contributed by atoms with Crippen LogP contribution < -0.4 is 5.32 Å². The van der Waals surface area contributed by atoms with Gasteiger partial charge >= 0.3 is 0 Å². The minimum Gasteiger partial charge on any atom is -0.343 e. The molecule has 4 nitrogen and oxygen atoms in total. The van der Waals surface area contributed by atoms with Crippen LogP contribution in [-0.2, 0) is 9.59 Å². The van der Waals surface area contributed by atoms with Crippen molar-refractivity contribution < 1.29 is 9.59 Å². The summed E-state index contributed by atoms with van der Waals surface area (Å²) < 4.78 is 0. The van der Waals surface area contributed by atoms with E-state index < -0.39 is 0 Å². The Morgan fingerprint density at radius 3 is 2.10 bits per heavy atom. The van der Waals surface area contributed by atoms with Crippen molar-refractivity contribution in [1.82, 2.24) is 10.2 Å². The van der Waals surface area contributed by atoms with Crippen LogP contribution in [0.2, 0.25) is 0 Å². The van der Waals surface area contributed by atoms with Crippen molar-refractivity contribution in [2.45, 2.75) is 0 Å². The van der Waals surface area contributed by atoms with E-state index >= 15 is 0 Å². The highest BCUT2D eigenvalue weighted by Gasteiger charge is 2.04. The number of carbonyl (C=O) groups excluding carboxylic acids is 2. The lowest BCUT2D eigenvalue weighted by atomic mass is 10.4. The first-order valence-corrected chi connectivity index (χ1v) is 3.12. The number of carbonyl (C=O) groups is 2. The molecule has 1 aliphatic heterocycles. The molecule has 0 unspecified atom stereocenters. The summed E-state index contributed by atoms with van der Waals surface area (Å²) >= 11 is 0. The fraction of sp³-hybridized carbons (Fsp3) is 0.667. The third-order valence-electron chi connectivity index (χ3n) is 1.30. The molecule has 0 aromatic heterocycles. The number of amides is 1. The maximum absolute atomic E-state index is 10.1. The smallest absolute Gasteiger partial charge is 0.209 e. The molecule has 0 saturated carbocycles. The fourth-order valence-electron chi connectivity index (χ4n) is 0.788. The van der Waals surface area contributed by atoms with E-state index in [1.54, 1.807) is 4.90 Å². The first-order chi connectivity index (χ1) is 4.93. The summed E-state index contributed by atoms with van der Waals surface area (Å²) in [6.07, 6.45) is 0.904. The predicted octanol–water partition coefficient (Wildman–Crippen LogP) is -1.14. The highest BCUT2D eigenvalue weighted by atomic mass is 16.1. The normalized spacial score (nSPS) is 17.0. The topological polar surface area (TPSA) is 49.4 Å². The second-order valence-electron chi connectivity index (χ2n) is 1.89. The molecule has 0 bridgehead atoms. The first-order valence-electron chi connectivity index (χ1n) is 3.12. The van der Waals surface area contributed by atoms with Crippen LogP contribution in [0.1, 0.15) is 0 Å². The van der Waals surface area contributed by atoms with E-state index in [0.717, 1.165) is 32.6 Å². The average Bonchev–Trinajstić information content (AvgIpc) is 2.10. The van der Waals surface area contributed by atoms with Crippen molar-refractivity contribution in [2.24, 2.45) is 0 Å². The van der Waals surface area contributed by atoms with Crippen molar-refractivity contribution >= 4 is 13.2 Å². The number of hydrogen-bond donors (Lipinski definition) is 1. The second kappa shape index (κ2) is 6.22. The molecule has 1 saturated heterocycles. The maximum atomic E-state index is 10.1. The molecular formula is C6H12N2O2. The minimum atomic E-state index is 0.865. The highest BCUT2D eigenvalue weighted by Crippen LogP contribution is 1.84. The molecule has 0 atom stereocenters. The van der Waals surface area contributed by atoms with Crippen LogP contribution in [-0.4, -0.2) is 44.3 Å². The van der Waals surface area contributed by atoms with E-state index in [0.29, 0.717) is 0 Å². The summed E-state index contributed by atoms with van der Waals surface area (Å²) in [4.78, 5) is 19.8. The third kappa shape index (κ3) is 3.19. The highest BCUT2D eigenvalue weighted by molar-refractivity contribution is 5.47. The Balaban J connectivity index is 0.000000371. The van der Waals surface area contributed by atoms with Crippen LogP contribution in [0.25, 0.3) is 0 Å². The van der Waals surface area contributed by atoms with Gasteiger partial charge in [0.2, 0.25) is 6.41 Å². The summed E-state index contributed by atoms with van der Waals surface area (Å²) in [6.45, 7) is 5.62. The molecule has 0 aromatic rings. The Labute approximate surface area is 60.2 Å². The van der Waals surface area contributed by atoms with Gasteiger partial charge < -0.3 is 15.0 Å². The molecule has 1 N–H and O–H groups in total. The van der Waals surface area contributed by atoms with Gasteiger partial charge in [-0.2, -0.15) is 0 Å². The van der Waals surface area contributed by atoms with E-state index in [9.17, 15) is 4.79 Å². The van der Waals surface area contributed by atoms with Crippen molar-refractivity contribution in [1.29, 1.82) is 0 Å². The molecule has 1 heterocycles. The number of nitrogens with one attached hydrogen (secondary N) is 1. The molecular weight excluding hydrogens is 132 g/mol. The van der Waals surface area contributed by atoms with Crippen molar-refractivity contribution in [3.8, 4) is 0 Å². The molecule has 1 rings (SSSR count). The minimum absolute atomic E-state index is 0.865. The fourth-order valence-corrected chi connectivity index (χ4v) is 0.788. The zero-order valence-corrected chi connectivity index (χ0v) is 5.88. The molecule has 58 valence electrons. The predicted molar refractivity (Wildman–Crippen MR) is 37.6 cm³/mol. The van der Waals surface area contributed by atoms with E-state index in [-0.39, 0.29) is 0 Å². The van der Waals surface area contributed by atoms with Crippen molar-refractivity contribution in [3.05, 3.63) is 0 Å². The van der Waals surface area contributed by atoms with Crippen LogP contribution in [0.5, 0.6) is 0 Å². The van der Waals surface area contributed by atoms with E-state index in [2.05, 4.69) is 5.32 Å². The Hall–Kier alpha value is -0.900. The number of piperazine rings is 1. The molecule has 1 amide bonds. The quantitative estimate of drug-likeness (QED) is 0.473. The van der Waals surface area contributed by atoms with Gasteiger partial charge in [0, 0.05) is 26.2 Å². The number of rotatable bonds is 1. The Morgan fingerprint density at radius 1 is 1.30 bits per heavy atom. The SMILES string of the molecule is C=O.O=CN1CCNCC1. The lowest BCUT2D eigenvalue weighted by Gasteiger charge is -2.22. The van der Waals surface area contributed by atoms with Gasteiger partial charge in [0.1, 0.15) is 6.79 Å². The third-order valence-corrected chi connectivity index (χ3v) is 1.30. The summed E-state index contributed by atoms with van der Waals surface area (Å²) in [7, 11) is 0. The van der Waals surface area contributed by atoms with E-state index in [4.69, 9.17) is 4.79 Å². The number of hydrogen-bond acceptors (Lipinski definition) is 3. The lowest BCUT2D eigenvalue weighted by Crippen LogP contribution is -2.42. The van der Waals surface area contributed by atoms with Gasteiger partial charge in [0.05, 0.1) is 0 Å². The summed E-state index contributed by atoms with van der Waals surface area (Å²) in [5, 5.41) is 3.15. The Bertz CT molecular complexity index is 91.7. The van der Waals surface area contributed by atoms with Gasteiger partial charge in [-0.15, -0.1) is 0 Å². The molecule has 1 aliphatic rings. The monoisotopic (exact) mass is 144 g/mol. The van der Waals surface area contributed by atoms with Crippen LogP contribution in [0, 0.1) is 0 Å². The molecule has 0 radical (unpaired) electrons. The van der Waals surface area contributed by atoms with Crippen LogP contribution in [0.3, 0.4) is 0 Å². The molecule has 1 fully saturated rings. The van der Waals surface area contributed by atoms with Gasteiger partial charge in [-0.1, -0.05) is 0 Å². The summed E-state index contributed by atoms with van der Waals surface area (Å²) in [5.74, 6) is 0. The van der Waals surface area contributed by atoms with Gasteiger partial charge in [0.15, 0.2) is 0 Å². The molecule has 4 heteroatoms. The van der Waals surface area contributed by atoms with E-state index in [1.165, 1.54) is 0 Å². The van der Waals surface area contributed by atoms with Gasteiger partial charge in [0.25, 0.3) is 0 Å². The number of nitrogens with zero attached hydrogens (tertiary/aromatic N) is 1. The zero-order chi connectivity index (χ0) is 7.82. The Morgan fingerprint density at radius 2 is 1.80 bits per heavy atom. The van der Waals surface area contributed by atoms with Crippen LogP contribution in [0.4, 0.5) is 0 Å². The first kappa shape index (κ1) is 9.10. The van der Waals surface area contributed by atoms with Crippen LogP contribution in [0.15, 0.2) is 0 Å². The van der Waals surface area contributed by atoms with Gasteiger partial charge in [-0.3, -0.25) is 4.79 Å². The summed E-state index contributed by atoms with van der Waals surface area (Å²) in [6, 6.07) is 0. The summed E-state index contributed by atoms with van der Waals surface area (Å²) in [5.41, 5.74) is 0. The van der Waals surface area contributed by atoms with Crippen molar-refractivity contribution in [2.75, 3.05) is 26.2 Å². The average molecular weight is 144 g/mol. The zero-order valence-electron chi connectivity index (χ0n) is 5.88. The standard InChI is InChI=1S/C5H10N2O.CH2O/c8-5-7-3-1-6-2-4-7;1-2/h5-6H,1-4H2;1H2. The van der Waals surface area contributed by atoms with Gasteiger partial charge in [-0.05, 0) is 0 Å². The van der Waals surface area contributed by atoms with E-state index in [1.807, 2.05) is 6.79 Å². The molecule has 0 spiro atoms. The largest absolute Gasteiger partial charge is 0.343 e. The van der Waals surface area contributed by atoms with Gasteiger partial charge in [-0.25, -0.2) is 0 Å². The maximum Gasteiger partial charge on any atom is 0.209 e.